The lowest BCUT2D eigenvalue weighted by molar-refractivity contribution is 0.0247. The highest BCUT2D eigenvalue weighted by molar-refractivity contribution is 5.38. The molecule has 0 aromatic carbocycles. The van der Waals surface area contributed by atoms with E-state index in [1.54, 1.807) is 11.6 Å². The van der Waals surface area contributed by atoms with Crippen molar-refractivity contribution >= 4 is 5.82 Å². The Balaban J connectivity index is 1.25. The van der Waals surface area contributed by atoms with Gasteiger partial charge in [0.2, 0.25) is 0 Å². The number of aromatic nitrogens is 3. The molecule has 2 aliphatic rings. The third-order valence-electron chi connectivity index (χ3n) is 5.16. The number of aryl methyl sites for hydroxylation is 1. The zero-order valence-corrected chi connectivity index (χ0v) is 14.6. The Kier molecular flexibility index (Phi) is 4.50. The van der Waals surface area contributed by atoms with Gasteiger partial charge in [0.1, 0.15) is 5.82 Å². The van der Waals surface area contributed by atoms with E-state index >= 15 is 0 Å². The molecule has 4 heterocycles. The molecule has 0 atom stereocenters. The molecule has 2 fully saturated rings. The van der Waals surface area contributed by atoms with E-state index in [0.29, 0.717) is 6.04 Å². The molecule has 4 rings (SSSR count). The summed E-state index contributed by atoms with van der Waals surface area (Å²) in [5.74, 6) is 1.08. The van der Waals surface area contributed by atoms with Crippen LogP contribution in [0.15, 0.2) is 41.6 Å². The first kappa shape index (κ1) is 16.2. The number of piperazine rings is 1. The molecular weight excluding hydrogens is 316 g/mol. The minimum Gasteiger partial charge on any atom is -0.354 e. The first-order valence-corrected chi connectivity index (χ1v) is 8.83. The molecule has 0 aliphatic carbocycles. The number of anilines is 1. The van der Waals surface area contributed by atoms with Crippen LogP contribution in [0.3, 0.4) is 0 Å². The highest BCUT2D eigenvalue weighted by Gasteiger charge is 2.33. The standard InChI is InChI=1S/C18H24N6O/c1-21-11-15(20-10-18(21)25)12-22-13-16(14-22)23-6-8-24(9-7-23)17-4-2-3-5-19-17/h2-5,10-11,16H,6-9,12-14H2,1H3. The maximum atomic E-state index is 11.4. The van der Waals surface area contributed by atoms with E-state index in [4.69, 9.17) is 0 Å². The Morgan fingerprint density at radius 2 is 1.92 bits per heavy atom. The molecule has 7 nitrogen and oxygen atoms in total. The molecule has 0 bridgehead atoms. The maximum absolute atomic E-state index is 11.4. The van der Waals surface area contributed by atoms with Crippen molar-refractivity contribution in [3.63, 3.8) is 0 Å². The Hall–Kier alpha value is -2.25. The van der Waals surface area contributed by atoms with Gasteiger partial charge in [-0.2, -0.15) is 0 Å². The van der Waals surface area contributed by atoms with Crippen molar-refractivity contribution in [3.8, 4) is 0 Å². The van der Waals surface area contributed by atoms with Crippen LogP contribution >= 0.6 is 0 Å². The van der Waals surface area contributed by atoms with E-state index < -0.39 is 0 Å². The Bertz CT molecular complexity index is 763. The van der Waals surface area contributed by atoms with Gasteiger partial charge >= 0.3 is 0 Å². The molecule has 2 aromatic heterocycles. The van der Waals surface area contributed by atoms with Gasteiger partial charge in [-0.25, -0.2) is 4.98 Å². The number of rotatable bonds is 4. The fourth-order valence-electron chi connectivity index (χ4n) is 3.62. The predicted octanol–water partition coefficient (Wildman–Crippen LogP) is 0.182. The highest BCUT2D eigenvalue weighted by atomic mass is 16.1. The van der Waals surface area contributed by atoms with Crippen molar-refractivity contribution in [2.75, 3.05) is 44.2 Å². The van der Waals surface area contributed by atoms with Gasteiger partial charge in [-0.3, -0.25) is 19.6 Å². The van der Waals surface area contributed by atoms with Crippen molar-refractivity contribution in [1.29, 1.82) is 0 Å². The molecule has 2 saturated heterocycles. The van der Waals surface area contributed by atoms with Crippen molar-refractivity contribution < 1.29 is 0 Å². The van der Waals surface area contributed by atoms with Crippen LogP contribution in [0.25, 0.3) is 0 Å². The quantitative estimate of drug-likeness (QED) is 0.792. The number of hydrogen-bond acceptors (Lipinski definition) is 6. The minimum atomic E-state index is -0.0592. The highest BCUT2D eigenvalue weighted by Crippen LogP contribution is 2.20. The molecule has 0 spiro atoms. The summed E-state index contributed by atoms with van der Waals surface area (Å²) < 4.78 is 1.59. The number of nitrogens with zero attached hydrogens (tertiary/aromatic N) is 6. The molecule has 2 aromatic rings. The van der Waals surface area contributed by atoms with Crippen LogP contribution in [0.2, 0.25) is 0 Å². The Morgan fingerprint density at radius 1 is 1.12 bits per heavy atom. The number of hydrogen-bond donors (Lipinski definition) is 0. The fraction of sp³-hybridized carbons (Fsp3) is 0.500. The summed E-state index contributed by atoms with van der Waals surface area (Å²) >= 11 is 0. The monoisotopic (exact) mass is 340 g/mol. The smallest absolute Gasteiger partial charge is 0.268 e. The van der Waals surface area contributed by atoms with Crippen LogP contribution in [0, 0.1) is 0 Å². The van der Waals surface area contributed by atoms with Crippen molar-refractivity contribution in [3.05, 3.63) is 52.8 Å². The summed E-state index contributed by atoms with van der Waals surface area (Å²) in [6.45, 7) is 7.23. The largest absolute Gasteiger partial charge is 0.354 e. The van der Waals surface area contributed by atoms with E-state index in [2.05, 4.69) is 30.7 Å². The molecule has 0 radical (unpaired) electrons. The van der Waals surface area contributed by atoms with Crippen LogP contribution in [0.5, 0.6) is 0 Å². The normalized spacial score (nSPS) is 19.8. The van der Waals surface area contributed by atoms with Crippen LogP contribution in [0.1, 0.15) is 5.69 Å². The summed E-state index contributed by atoms with van der Waals surface area (Å²) in [4.78, 5) is 27.4. The topological polar surface area (TPSA) is 57.5 Å². The SMILES string of the molecule is Cn1cc(CN2CC(N3CCN(c4ccccn4)CC3)C2)ncc1=O. The molecule has 0 amide bonds. The zero-order chi connectivity index (χ0) is 17.2. The van der Waals surface area contributed by atoms with Gasteiger partial charge in [0.15, 0.2) is 0 Å². The number of likely N-dealkylation sites (tertiary alicyclic amines) is 1. The third kappa shape index (κ3) is 3.57. The lowest BCUT2D eigenvalue weighted by Gasteiger charge is -2.48. The zero-order valence-electron chi connectivity index (χ0n) is 14.6. The molecule has 132 valence electrons. The summed E-state index contributed by atoms with van der Waals surface area (Å²) in [7, 11) is 1.77. The fourth-order valence-corrected chi connectivity index (χ4v) is 3.62. The number of pyridine rings is 1. The van der Waals surface area contributed by atoms with Gasteiger partial charge < -0.3 is 9.47 Å². The lowest BCUT2D eigenvalue weighted by Crippen LogP contribution is -2.62. The van der Waals surface area contributed by atoms with Gasteiger partial charge in [-0.1, -0.05) is 6.07 Å². The van der Waals surface area contributed by atoms with Gasteiger partial charge in [-0.15, -0.1) is 0 Å². The van der Waals surface area contributed by atoms with Crippen molar-refractivity contribution in [2.24, 2.45) is 7.05 Å². The van der Waals surface area contributed by atoms with E-state index in [1.807, 2.05) is 24.5 Å². The van der Waals surface area contributed by atoms with E-state index in [-0.39, 0.29) is 5.56 Å². The van der Waals surface area contributed by atoms with Gasteiger partial charge in [0, 0.05) is 71.3 Å². The van der Waals surface area contributed by atoms with Gasteiger partial charge in [0.05, 0.1) is 11.9 Å². The van der Waals surface area contributed by atoms with Gasteiger partial charge in [0.25, 0.3) is 5.56 Å². The molecule has 2 aliphatic heterocycles. The Morgan fingerprint density at radius 3 is 2.60 bits per heavy atom. The molecule has 0 unspecified atom stereocenters. The predicted molar refractivity (Wildman–Crippen MR) is 96.6 cm³/mol. The first-order chi connectivity index (χ1) is 12.2. The summed E-state index contributed by atoms with van der Waals surface area (Å²) in [5.41, 5.74) is 0.900. The maximum Gasteiger partial charge on any atom is 0.268 e. The average molecular weight is 340 g/mol. The summed E-state index contributed by atoms with van der Waals surface area (Å²) in [6.07, 6.45) is 5.10. The second-order valence-corrected chi connectivity index (χ2v) is 6.89. The van der Waals surface area contributed by atoms with E-state index in [1.165, 1.54) is 6.20 Å². The molecular formula is C18H24N6O. The average Bonchev–Trinajstić information content (AvgIpc) is 2.62. The second-order valence-electron chi connectivity index (χ2n) is 6.89. The summed E-state index contributed by atoms with van der Waals surface area (Å²) in [5, 5.41) is 0. The minimum absolute atomic E-state index is 0.0592. The molecule has 25 heavy (non-hydrogen) atoms. The lowest BCUT2D eigenvalue weighted by atomic mass is 10.1. The molecule has 0 saturated carbocycles. The van der Waals surface area contributed by atoms with Crippen LogP contribution < -0.4 is 10.5 Å². The van der Waals surface area contributed by atoms with E-state index in [9.17, 15) is 4.79 Å². The second kappa shape index (κ2) is 6.93. The van der Waals surface area contributed by atoms with Crippen LogP contribution in [0.4, 0.5) is 5.82 Å². The summed E-state index contributed by atoms with van der Waals surface area (Å²) in [6, 6.07) is 6.73. The van der Waals surface area contributed by atoms with Crippen molar-refractivity contribution in [2.45, 2.75) is 12.6 Å². The Labute approximate surface area is 147 Å². The first-order valence-electron chi connectivity index (χ1n) is 8.83. The van der Waals surface area contributed by atoms with Crippen LogP contribution in [-0.4, -0.2) is 69.6 Å². The molecule has 7 heteroatoms. The van der Waals surface area contributed by atoms with E-state index in [0.717, 1.165) is 57.3 Å². The van der Waals surface area contributed by atoms with Crippen molar-refractivity contribution in [1.82, 2.24) is 24.3 Å². The van der Waals surface area contributed by atoms with Crippen LogP contribution in [-0.2, 0) is 13.6 Å². The van der Waals surface area contributed by atoms with Gasteiger partial charge in [-0.05, 0) is 12.1 Å². The molecule has 0 N–H and O–H groups in total. The third-order valence-corrected chi connectivity index (χ3v) is 5.16.